The number of piperidine rings is 1. The van der Waals surface area contributed by atoms with Gasteiger partial charge in [0.1, 0.15) is 5.82 Å². The standard InChI is InChI=1S/C14H20FN3O3S.ClH/c1-9-8-16-6-5-12(9)17-14(19)11-7-10(15)3-4-13(11)18-22(2,20)21;/h3-4,7,9,12,16,18H,5-6,8H2,1-2H3,(H,17,19);1H. The highest BCUT2D eigenvalue weighted by Gasteiger charge is 2.24. The summed E-state index contributed by atoms with van der Waals surface area (Å²) in [5.41, 5.74) is 0.0548. The summed E-state index contributed by atoms with van der Waals surface area (Å²) in [5, 5.41) is 6.08. The maximum atomic E-state index is 13.4. The zero-order chi connectivity index (χ0) is 16.3. The number of benzene rings is 1. The van der Waals surface area contributed by atoms with Gasteiger partial charge in [0.2, 0.25) is 10.0 Å². The maximum absolute atomic E-state index is 13.4. The van der Waals surface area contributed by atoms with Gasteiger partial charge in [-0.2, -0.15) is 0 Å². The van der Waals surface area contributed by atoms with Crippen molar-refractivity contribution in [2.75, 3.05) is 24.1 Å². The van der Waals surface area contributed by atoms with E-state index in [9.17, 15) is 17.6 Å². The van der Waals surface area contributed by atoms with Crippen molar-refractivity contribution in [3.8, 4) is 0 Å². The van der Waals surface area contributed by atoms with E-state index in [1.165, 1.54) is 6.07 Å². The van der Waals surface area contributed by atoms with E-state index in [0.717, 1.165) is 37.9 Å². The smallest absolute Gasteiger partial charge is 0.253 e. The summed E-state index contributed by atoms with van der Waals surface area (Å²) in [6, 6.07) is 3.37. The van der Waals surface area contributed by atoms with Crippen LogP contribution in [0.25, 0.3) is 0 Å². The van der Waals surface area contributed by atoms with Gasteiger partial charge in [-0.25, -0.2) is 12.8 Å². The molecule has 0 aromatic heterocycles. The monoisotopic (exact) mass is 365 g/mol. The molecule has 1 fully saturated rings. The van der Waals surface area contributed by atoms with Gasteiger partial charge in [0, 0.05) is 6.04 Å². The lowest BCUT2D eigenvalue weighted by Crippen LogP contribution is -2.48. The Morgan fingerprint density at radius 2 is 2.09 bits per heavy atom. The average Bonchev–Trinajstić information content (AvgIpc) is 2.42. The lowest BCUT2D eigenvalue weighted by atomic mass is 9.95. The Morgan fingerprint density at radius 1 is 1.39 bits per heavy atom. The molecular formula is C14H21ClFN3O3S. The zero-order valence-corrected chi connectivity index (χ0v) is 14.6. The van der Waals surface area contributed by atoms with Crippen LogP contribution in [0.4, 0.5) is 10.1 Å². The molecular weight excluding hydrogens is 345 g/mol. The first-order valence-corrected chi connectivity index (χ1v) is 8.94. The molecule has 0 radical (unpaired) electrons. The Kier molecular flexibility index (Phi) is 6.79. The fraction of sp³-hybridized carbons (Fsp3) is 0.500. The Morgan fingerprint density at radius 3 is 2.70 bits per heavy atom. The minimum absolute atomic E-state index is 0. The maximum Gasteiger partial charge on any atom is 0.253 e. The van der Waals surface area contributed by atoms with Crippen molar-refractivity contribution in [3.63, 3.8) is 0 Å². The van der Waals surface area contributed by atoms with Crippen LogP contribution < -0.4 is 15.4 Å². The summed E-state index contributed by atoms with van der Waals surface area (Å²) >= 11 is 0. The zero-order valence-electron chi connectivity index (χ0n) is 12.9. The second kappa shape index (κ2) is 7.94. The van der Waals surface area contributed by atoms with Crippen molar-refractivity contribution in [2.24, 2.45) is 5.92 Å². The SMILES string of the molecule is CC1CNCCC1NC(=O)c1cc(F)ccc1NS(C)(=O)=O.Cl. The number of anilines is 1. The fourth-order valence-electron chi connectivity index (χ4n) is 2.47. The fourth-order valence-corrected chi connectivity index (χ4v) is 3.05. The Bertz CT molecular complexity index is 669. The van der Waals surface area contributed by atoms with Gasteiger partial charge < -0.3 is 10.6 Å². The average molecular weight is 366 g/mol. The number of hydrogen-bond acceptors (Lipinski definition) is 4. The predicted molar refractivity (Wildman–Crippen MR) is 90.0 cm³/mol. The number of amides is 1. The van der Waals surface area contributed by atoms with E-state index in [1.807, 2.05) is 6.92 Å². The van der Waals surface area contributed by atoms with Crippen molar-refractivity contribution in [1.29, 1.82) is 0 Å². The van der Waals surface area contributed by atoms with E-state index in [4.69, 9.17) is 0 Å². The van der Waals surface area contributed by atoms with Crippen LogP contribution in [0.15, 0.2) is 18.2 Å². The van der Waals surface area contributed by atoms with E-state index in [1.54, 1.807) is 0 Å². The van der Waals surface area contributed by atoms with E-state index < -0.39 is 21.7 Å². The molecule has 1 aliphatic heterocycles. The third-order valence-electron chi connectivity index (χ3n) is 3.62. The number of rotatable bonds is 4. The van der Waals surface area contributed by atoms with Gasteiger partial charge in [0.15, 0.2) is 0 Å². The van der Waals surface area contributed by atoms with Gasteiger partial charge in [-0.1, -0.05) is 6.92 Å². The number of hydrogen-bond donors (Lipinski definition) is 3. The molecule has 0 bridgehead atoms. The van der Waals surface area contributed by atoms with Crippen molar-refractivity contribution in [2.45, 2.75) is 19.4 Å². The molecule has 23 heavy (non-hydrogen) atoms. The highest BCUT2D eigenvalue weighted by atomic mass is 35.5. The molecule has 1 amide bonds. The second-order valence-corrected chi connectivity index (χ2v) is 7.36. The summed E-state index contributed by atoms with van der Waals surface area (Å²) in [6.07, 6.45) is 1.75. The second-order valence-electron chi connectivity index (χ2n) is 5.61. The van der Waals surface area contributed by atoms with Gasteiger partial charge in [-0.3, -0.25) is 9.52 Å². The van der Waals surface area contributed by atoms with Gasteiger partial charge in [-0.05, 0) is 43.6 Å². The number of nitrogens with one attached hydrogen (secondary N) is 3. The van der Waals surface area contributed by atoms with Crippen LogP contribution in [0, 0.1) is 11.7 Å². The lowest BCUT2D eigenvalue weighted by molar-refractivity contribution is 0.0914. The van der Waals surface area contributed by atoms with Gasteiger partial charge in [0.25, 0.3) is 5.91 Å². The van der Waals surface area contributed by atoms with Gasteiger partial charge >= 0.3 is 0 Å². The highest BCUT2D eigenvalue weighted by molar-refractivity contribution is 7.92. The molecule has 1 aromatic carbocycles. The molecule has 9 heteroatoms. The van der Waals surface area contributed by atoms with Gasteiger partial charge in [0.05, 0.1) is 17.5 Å². The van der Waals surface area contributed by atoms with Crippen LogP contribution in [0.5, 0.6) is 0 Å². The lowest BCUT2D eigenvalue weighted by Gasteiger charge is -2.30. The minimum Gasteiger partial charge on any atom is -0.349 e. The molecule has 6 nitrogen and oxygen atoms in total. The molecule has 1 aromatic rings. The number of carbonyl (C=O) groups is 1. The third kappa shape index (κ3) is 5.63. The van der Waals surface area contributed by atoms with Crippen molar-refractivity contribution in [3.05, 3.63) is 29.6 Å². The molecule has 1 saturated heterocycles. The number of carbonyl (C=O) groups excluding carboxylic acids is 1. The molecule has 1 heterocycles. The highest BCUT2D eigenvalue weighted by Crippen LogP contribution is 2.19. The topological polar surface area (TPSA) is 87.3 Å². The van der Waals surface area contributed by atoms with Crippen LogP contribution >= 0.6 is 12.4 Å². The number of sulfonamides is 1. The summed E-state index contributed by atoms with van der Waals surface area (Å²) in [7, 11) is -3.55. The molecule has 3 N–H and O–H groups in total. The molecule has 1 aliphatic rings. The molecule has 0 aliphatic carbocycles. The first-order valence-electron chi connectivity index (χ1n) is 7.05. The Hall–Kier alpha value is -1.38. The summed E-state index contributed by atoms with van der Waals surface area (Å²) in [4.78, 5) is 12.4. The molecule has 2 rings (SSSR count). The number of halogens is 2. The van der Waals surface area contributed by atoms with Crippen LogP contribution in [0.3, 0.4) is 0 Å². The van der Waals surface area contributed by atoms with Crippen molar-refractivity contribution < 1.29 is 17.6 Å². The Labute approximate surface area is 141 Å². The summed E-state index contributed by atoms with van der Waals surface area (Å²) < 4.78 is 38.4. The normalized spacial score (nSPS) is 21.2. The largest absolute Gasteiger partial charge is 0.349 e. The van der Waals surface area contributed by atoms with Crippen LogP contribution in [0.2, 0.25) is 0 Å². The first-order chi connectivity index (χ1) is 10.3. The summed E-state index contributed by atoms with van der Waals surface area (Å²) in [6.45, 7) is 3.60. The van der Waals surface area contributed by atoms with E-state index in [-0.39, 0.29) is 35.6 Å². The van der Waals surface area contributed by atoms with Crippen LogP contribution in [0.1, 0.15) is 23.7 Å². The molecule has 2 unspecified atom stereocenters. The first kappa shape index (κ1) is 19.7. The molecule has 2 atom stereocenters. The van der Waals surface area contributed by atoms with Crippen molar-refractivity contribution >= 4 is 34.0 Å². The Balaban J connectivity index is 0.00000264. The quantitative estimate of drug-likeness (QED) is 0.751. The summed E-state index contributed by atoms with van der Waals surface area (Å²) in [5.74, 6) is -0.829. The predicted octanol–water partition coefficient (Wildman–Crippen LogP) is 1.35. The van der Waals surface area contributed by atoms with E-state index in [0.29, 0.717) is 0 Å². The van der Waals surface area contributed by atoms with E-state index >= 15 is 0 Å². The third-order valence-corrected chi connectivity index (χ3v) is 4.21. The van der Waals surface area contributed by atoms with Crippen LogP contribution in [-0.4, -0.2) is 39.7 Å². The van der Waals surface area contributed by atoms with Crippen molar-refractivity contribution in [1.82, 2.24) is 10.6 Å². The molecule has 0 spiro atoms. The molecule has 130 valence electrons. The van der Waals surface area contributed by atoms with Crippen LogP contribution in [-0.2, 0) is 10.0 Å². The molecule has 0 saturated carbocycles. The van der Waals surface area contributed by atoms with Gasteiger partial charge in [-0.15, -0.1) is 12.4 Å². The minimum atomic E-state index is -3.55. The van der Waals surface area contributed by atoms with E-state index in [2.05, 4.69) is 15.4 Å².